The summed E-state index contributed by atoms with van der Waals surface area (Å²) in [5.41, 5.74) is 2.18. The van der Waals surface area contributed by atoms with Gasteiger partial charge in [0.2, 0.25) is 0 Å². The standard InChI is InChI=1S/C12H13N3O2S/c1-2-10-8-18-12(14-10)13-7-9-3-5-11(6-4-9)15(16)17/h3-6,8H,2,7H2,1H3,(H,13,14). The molecule has 1 aromatic heterocycles. The van der Waals surface area contributed by atoms with E-state index in [4.69, 9.17) is 0 Å². The number of nitro benzene ring substituents is 1. The lowest BCUT2D eigenvalue weighted by Gasteiger charge is -2.02. The van der Waals surface area contributed by atoms with E-state index in [0.29, 0.717) is 6.54 Å². The highest BCUT2D eigenvalue weighted by atomic mass is 32.1. The second kappa shape index (κ2) is 5.59. The molecule has 5 nitrogen and oxygen atoms in total. The molecule has 0 bridgehead atoms. The number of aryl methyl sites for hydroxylation is 1. The van der Waals surface area contributed by atoms with Crippen molar-refractivity contribution in [2.75, 3.05) is 5.32 Å². The number of nitrogens with zero attached hydrogens (tertiary/aromatic N) is 2. The van der Waals surface area contributed by atoms with E-state index >= 15 is 0 Å². The second-order valence-corrected chi connectivity index (χ2v) is 4.63. The van der Waals surface area contributed by atoms with E-state index in [1.165, 1.54) is 12.1 Å². The third-order valence-corrected chi connectivity index (χ3v) is 3.35. The molecule has 0 saturated heterocycles. The van der Waals surface area contributed by atoms with Gasteiger partial charge in [0.1, 0.15) is 0 Å². The fraction of sp³-hybridized carbons (Fsp3) is 0.250. The van der Waals surface area contributed by atoms with Crippen molar-refractivity contribution in [1.29, 1.82) is 0 Å². The Morgan fingerprint density at radius 1 is 1.39 bits per heavy atom. The Morgan fingerprint density at radius 2 is 2.11 bits per heavy atom. The number of aromatic nitrogens is 1. The normalized spacial score (nSPS) is 10.3. The van der Waals surface area contributed by atoms with Crippen molar-refractivity contribution in [3.63, 3.8) is 0 Å². The minimum atomic E-state index is -0.397. The van der Waals surface area contributed by atoms with Crippen molar-refractivity contribution in [1.82, 2.24) is 4.98 Å². The number of hydrogen-bond donors (Lipinski definition) is 1. The number of benzene rings is 1. The first-order valence-electron chi connectivity index (χ1n) is 5.60. The van der Waals surface area contributed by atoms with Crippen LogP contribution in [0.15, 0.2) is 29.6 Å². The summed E-state index contributed by atoms with van der Waals surface area (Å²) in [5, 5.41) is 16.6. The summed E-state index contributed by atoms with van der Waals surface area (Å²) in [6.45, 7) is 2.68. The van der Waals surface area contributed by atoms with Crippen LogP contribution in [0.1, 0.15) is 18.2 Å². The summed E-state index contributed by atoms with van der Waals surface area (Å²) >= 11 is 1.57. The fourth-order valence-corrected chi connectivity index (χ4v) is 2.26. The number of non-ortho nitro benzene ring substituents is 1. The minimum absolute atomic E-state index is 0.112. The molecule has 1 aromatic carbocycles. The van der Waals surface area contributed by atoms with Crippen molar-refractivity contribution < 1.29 is 4.92 Å². The molecule has 1 heterocycles. The Hall–Kier alpha value is -1.95. The summed E-state index contributed by atoms with van der Waals surface area (Å²) < 4.78 is 0. The predicted molar refractivity (Wildman–Crippen MR) is 71.9 cm³/mol. The maximum atomic E-state index is 10.5. The van der Waals surface area contributed by atoms with Crippen LogP contribution in [0.2, 0.25) is 0 Å². The van der Waals surface area contributed by atoms with Gasteiger partial charge in [-0.05, 0) is 12.0 Å². The van der Waals surface area contributed by atoms with E-state index in [-0.39, 0.29) is 5.69 Å². The molecule has 0 atom stereocenters. The maximum absolute atomic E-state index is 10.5. The zero-order valence-electron chi connectivity index (χ0n) is 9.92. The Morgan fingerprint density at radius 3 is 2.67 bits per heavy atom. The molecule has 0 aliphatic carbocycles. The SMILES string of the molecule is CCc1csc(NCc2ccc([N+](=O)[O-])cc2)n1. The third-order valence-electron chi connectivity index (χ3n) is 2.50. The van der Waals surface area contributed by atoms with Crippen LogP contribution < -0.4 is 5.32 Å². The molecular formula is C12H13N3O2S. The van der Waals surface area contributed by atoms with Crippen LogP contribution >= 0.6 is 11.3 Å². The smallest absolute Gasteiger partial charge is 0.269 e. The quantitative estimate of drug-likeness (QED) is 0.664. The van der Waals surface area contributed by atoms with Gasteiger partial charge in [0.05, 0.1) is 10.6 Å². The molecule has 0 fully saturated rings. The molecule has 2 aromatic rings. The first-order chi connectivity index (χ1) is 8.69. The topological polar surface area (TPSA) is 68.1 Å². The molecule has 0 radical (unpaired) electrons. The number of anilines is 1. The number of nitrogens with one attached hydrogen (secondary N) is 1. The van der Waals surface area contributed by atoms with Crippen LogP contribution in [0.3, 0.4) is 0 Å². The Kier molecular flexibility index (Phi) is 3.88. The average molecular weight is 263 g/mol. The number of rotatable bonds is 5. The van der Waals surface area contributed by atoms with Crippen LogP contribution in [0.5, 0.6) is 0 Å². The zero-order valence-corrected chi connectivity index (χ0v) is 10.7. The van der Waals surface area contributed by atoms with Gasteiger partial charge in [-0.3, -0.25) is 10.1 Å². The van der Waals surface area contributed by atoms with Crippen LogP contribution in [0, 0.1) is 10.1 Å². The Balaban J connectivity index is 1.95. The Bertz CT molecular complexity index is 537. The zero-order chi connectivity index (χ0) is 13.0. The fourth-order valence-electron chi connectivity index (χ4n) is 1.46. The van der Waals surface area contributed by atoms with Crippen LogP contribution in [0.4, 0.5) is 10.8 Å². The van der Waals surface area contributed by atoms with Crippen LogP contribution in [-0.4, -0.2) is 9.91 Å². The monoisotopic (exact) mass is 263 g/mol. The molecule has 2 rings (SSSR count). The van der Waals surface area contributed by atoms with Gasteiger partial charge >= 0.3 is 0 Å². The summed E-state index contributed by atoms with van der Waals surface area (Å²) in [5.74, 6) is 0. The summed E-state index contributed by atoms with van der Waals surface area (Å²) in [4.78, 5) is 14.5. The summed E-state index contributed by atoms with van der Waals surface area (Å²) in [7, 11) is 0. The van der Waals surface area contributed by atoms with Gasteiger partial charge in [-0.15, -0.1) is 11.3 Å². The van der Waals surface area contributed by atoms with E-state index < -0.39 is 4.92 Å². The van der Waals surface area contributed by atoms with Gasteiger partial charge in [-0.2, -0.15) is 0 Å². The van der Waals surface area contributed by atoms with Crippen molar-refractivity contribution in [3.8, 4) is 0 Å². The predicted octanol–water partition coefficient (Wildman–Crippen LogP) is 3.23. The number of hydrogen-bond acceptors (Lipinski definition) is 5. The molecule has 0 spiro atoms. The van der Waals surface area contributed by atoms with Gasteiger partial charge in [-0.1, -0.05) is 19.1 Å². The minimum Gasteiger partial charge on any atom is -0.357 e. The van der Waals surface area contributed by atoms with Crippen molar-refractivity contribution in [2.24, 2.45) is 0 Å². The Labute approximate surface area is 109 Å². The maximum Gasteiger partial charge on any atom is 0.269 e. The second-order valence-electron chi connectivity index (χ2n) is 3.77. The number of nitro groups is 1. The lowest BCUT2D eigenvalue weighted by Crippen LogP contribution is -1.99. The van der Waals surface area contributed by atoms with Crippen molar-refractivity contribution >= 4 is 22.2 Å². The van der Waals surface area contributed by atoms with Crippen molar-refractivity contribution in [3.05, 3.63) is 51.0 Å². The molecule has 94 valence electrons. The van der Waals surface area contributed by atoms with Gasteiger partial charge in [0, 0.05) is 24.1 Å². The van der Waals surface area contributed by atoms with Crippen molar-refractivity contribution in [2.45, 2.75) is 19.9 Å². The molecule has 6 heteroatoms. The molecule has 0 unspecified atom stereocenters. The van der Waals surface area contributed by atoms with E-state index in [2.05, 4.69) is 17.2 Å². The summed E-state index contributed by atoms with van der Waals surface area (Å²) in [6, 6.07) is 6.52. The molecule has 18 heavy (non-hydrogen) atoms. The molecular weight excluding hydrogens is 250 g/mol. The first kappa shape index (κ1) is 12.5. The highest BCUT2D eigenvalue weighted by Crippen LogP contribution is 2.17. The van der Waals surface area contributed by atoms with Crippen LogP contribution in [0.25, 0.3) is 0 Å². The largest absolute Gasteiger partial charge is 0.357 e. The lowest BCUT2D eigenvalue weighted by atomic mass is 10.2. The van der Waals surface area contributed by atoms with E-state index in [1.807, 2.05) is 5.38 Å². The highest BCUT2D eigenvalue weighted by Gasteiger charge is 2.04. The summed E-state index contributed by atoms with van der Waals surface area (Å²) in [6.07, 6.45) is 0.926. The van der Waals surface area contributed by atoms with E-state index in [0.717, 1.165) is 22.8 Å². The molecule has 0 aliphatic heterocycles. The average Bonchev–Trinajstić information content (AvgIpc) is 2.85. The van der Waals surface area contributed by atoms with E-state index in [9.17, 15) is 10.1 Å². The molecule has 0 saturated carbocycles. The molecule has 1 N–H and O–H groups in total. The lowest BCUT2D eigenvalue weighted by molar-refractivity contribution is -0.384. The highest BCUT2D eigenvalue weighted by molar-refractivity contribution is 7.13. The molecule has 0 aliphatic rings. The van der Waals surface area contributed by atoms with Gasteiger partial charge < -0.3 is 5.32 Å². The van der Waals surface area contributed by atoms with Gasteiger partial charge in [-0.25, -0.2) is 4.98 Å². The number of thiazole rings is 1. The third kappa shape index (κ3) is 3.04. The van der Waals surface area contributed by atoms with Gasteiger partial charge in [0.25, 0.3) is 5.69 Å². The van der Waals surface area contributed by atoms with Gasteiger partial charge in [0.15, 0.2) is 5.13 Å². The van der Waals surface area contributed by atoms with E-state index in [1.54, 1.807) is 23.5 Å². The molecule has 0 amide bonds. The van der Waals surface area contributed by atoms with Crippen LogP contribution in [-0.2, 0) is 13.0 Å². The first-order valence-corrected chi connectivity index (χ1v) is 6.48.